The zero-order valence-corrected chi connectivity index (χ0v) is 15.8. The van der Waals surface area contributed by atoms with Gasteiger partial charge in [0.15, 0.2) is 5.96 Å². The SMILES string of the molecule is CCNC(=NCc1cnn(-c2ccccc2)c1)N1CC2C3CCC(O3)C2C1. The highest BCUT2D eigenvalue weighted by atomic mass is 16.5. The van der Waals surface area contributed by atoms with Crippen molar-refractivity contribution >= 4 is 5.96 Å². The van der Waals surface area contributed by atoms with Crippen LogP contribution in [-0.2, 0) is 11.3 Å². The van der Waals surface area contributed by atoms with Gasteiger partial charge in [0, 0.05) is 43.2 Å². The third-order valence-corrected chi connectivity index (χ3v) is 6.16. The molecule has 0 aliphatic carbocycles. The van der Waals surface area contributed by atoms with Crippen molar-refractivity contribution < 1.29 is 4.74 Å². The minimum absolute atomic E-state index is 0.483. The van der Waals surface area contributed by atoms with E-state index >= 15 is 0 Å². The molecule has 3 aliphatic rings. The minimum Gasteiger partial charge on any atom is -0.374 e. The van der Waals surface area contributed by atoms with Crippen LogP contribution >= 0.6 is 0 Å². The largest absolute Gasteiger partial charge is 0.374 e. The molecule has 27 heavy (non-hydrogen) atoms. The van der Waals surface area contributed by atoms with Gasteiger partial charge in [-0.15, -0.1) is 0 Å². The quantitative estimate of drug-likeness (QED) is 0.668. The lowest BCUT2D eigenvalue weighted by Crippen LogP contribution is -2.41. The molecule has 4 unspecified atom stereocenters. The van der Waals surface area contributed by atoms with Crippen LogP contribution < -0.4 is 5.32 Å². The van der Waals surface area contributed by atoms with Gasteiger partial charge in [0.2, 0.25) is 0 Å². The van der Waals surface area contributed by atoms with Crippen LogP contribution in [0.1, 0.15) is 25.3 Å². The molecule has 142 valence electrons. The van der Waals surface area contributed by atoms with Crippen molar-refractivity contribution in [1.82, 2.24) is 20.0 Å². The van der Waals surface area contributed by atoms with Gasteiger partial charge in [-0.3, -0.25) is 0 Å². The summed E-state index contributed by atoms with van der Waals surface area (Å²) in [4.78, 5) is 7.35. The molecule has 3 saturated heterocycles. The van der Waals surface area contributed by atoms with Crippen molar-refractivity contribution in [2.75, 3.05) is 19.6 Å². The highest BCUT2D eigenvalue weighted by Crippen LogP contribution is 2.47. The first kappa shape index (κ1) is 16.8. The lowest BCUT2D eigenvalue weighted by atomic mass is 9.82. The van der Waals surface area contributed by atoms with Crippen molar-refractivity contribution in [2.24, 2.45) is 16.8 Å². The van der Waals surface area contributed by atoms with Crippen molar-refractivity contribution in [2.45, 2.75) is 38.5 Å². The Kier molecular flexibility index (Phi) is 4.36. The Morgan fingerprint density at radius 2 is 1.93 bits per heavy atom. The second-order valence-corrected chi connectivity index (χ2v) is 7.82. The number of aromatic nitrogens is 2. The number of likely N-dealkylation sites (tertiary alicyclic amines) is 1. The number of rotatable bonds is 4. The van der Waals surface area contributed by atoms with Gasteiger partial charge in [-0.1, -0.05) is 18.2 Å². The molecule has 5 rings (SSSR count). The lowest BCUT2D eigenvalue weighted by molar-refractivity contribution is 0.0767. The van der Waals surface area contributed by atoms with Gasteiger partial charge in [0.05, 0.1) is 30.6 Å². The van der Waals surface area contributed by atoms with Crippen LogP contribution in [0.5, 0.6) is 0 Å². The van der Waals surface area contributed by atoms with Crippen LogP contribution in [-0.4, -0.2) is 52.5 Å². The molecule has 0 spiro atoms. The van der Waals surface area contributed by atoms with E-state index in [2.05, 4.69) is 40.6 Å². The number of hydrogen-bond acceptors (Lipinski definition) is 3. The van der Waals surface area contributed by atoms with Crippen LogP contribution in [0.4, 0.5) is 0 Å². The first-order valence-electron chi connectivity index (χ1n) is 10.1. The van der Waals surface area contributed by atoms with Gasteiger partial charge < -0.3 is 15.0 Å². The Hall–Kier alpha value is -2.34. The summed E-state index contributed by atoms with van der Waals surface area (Å²) in [5.41, 5.74) is 2.19. The number of aliphatic imine (C=N–C) groups is 1. The van der Waals surface area contributed by atoms with Crippen LogP contribution in [0.15, 0.2) is 47.7 Å². The zero-order chi connectivity index (χ0) is 18.2. The van der Waals surface area contributed by atoms with E-state index in [-0.39, 0.29) is 0 Å². The second kappa shape index (κ2) is 7.00. The van der Waals surface area contributed by atoms with E-state index in [0.717, 1.165) is 36.8 Å². The average molecular weight is 365 g/mol. The molecule has 6 nitrogen and oxygen atoms in total. The molecule has 1 aromatic heterocycles. The summed E-state index contributed by atoms with van der Waals surface area (Å²) in [7, 11) is 0. The van der Waals surface area contributed by atoms with Crippen LogP contribution in [0.3, 0.4) is 0 Å². The predicted octanol–water partition coefficient (Wildman–Crippen LogP) is 2.45. The number of para-hydroxylation sites is 1. The van der Waals surface area contributed by atoms with E-state index in [1.165, 1.54) is 12.8 Å². The Morgan fingerprint density at radius 1 is 1.19 bits per heavy atom. The molecule has 4 atom stereocenters. The molecule has 6 heteroatoms. The maximum Gasteiger partial charge on any atom is 0.194 e. The molecule has 0 radical (unpaired) electrons. The van der Waals surface area contributed by atoms with Crippen molar-refractivity contribution in [3.8, 4) is 5.69 Å². The normalized spacial score (nSPS) is 29.4. The van der Waals surface area contributed by atoms with Crippen LogP contribution in [0.25, 0.3) is 5.69 Å². The Labute approximate surface area is 160 Å². The smallest absolute Gasteiger partial charge is 0.194 e. The van der Waals surface area contributed by atoms with E-state index in [1.54, 1.807) is 0 Å². The number of fused-ring (bicyclic) bond motifs is 5. The summed E-state index contributed by atoms with van der Waals surface area (Å²) < 4.78 is 8.01. The molecule has 1 aromatic carbocycles. The van der Waals surface area contributed by atoms with Gasteiger partial charge in [-0.2, -0.15) is 5.10 Å². The highest BCUT2D eigenvalue weighted by Gasteiger charge is 2.53. The van der Waals surface area contributed by atoms with E-state index in [0.29, 0.717) is 30.6 Å². The number of nitrogens with one attached hydrogen (secondary N) is 1. The summed E-state index contributed by atoms with van der Waals surface area (Å²) in [5.74, 6) is 2.40. The summed E-state index contributed by atoms with van der Waals surface area (Å²) in [6.07, 6.45) is 7.43. The van der Waals surface area contributed by atoms with E-state index < -0.39 is 0 Å². The van der Waals surface area contributed by atoms with Crippen molar-refractivity contribution in [3.63, 3.8) is 0 Å². The Morgan fingerprint density at radius 3 is 2.63 bits per heavy atom. The number of ether oxygens (including phenoxy) is 1. The zero-order valence-electron chi connectivity index (χ0n) is 15.8. The molecule has 3 aliphatic heterocycles. The summed E-state index contributed by atoms with van der Waals surface area (Å²) >= 11 is 0. The van der Waals surface area contributed by atoms with Crippen molar-refractivity contribution in [3.05, 3.63) is 48.3 Å². The molecule has 0 amide bonds. The van der Waals surface area contributed by atoms with Crippen LogP contribution in [0, 0.1) is 11.8 Å². The van der Waals surface area contributed by atoms with E-state index in [1.807, 2.05) is 29.1 Å². The molecule has 3 fully saturated rings. The topological polar surface area (TPSA) is 54.7 Å². The summed E-state index contributed by atoms with van der Waals surface area (Å²) in [6.45, 7) is 5.80. The van der Waals surface area contributed by atoms with Gasteiger partial charge in [0.25, 0.3) is 0 Å². The molecular weight excluding hydrogens is 338 g/mol. The van der Waals surface area contributed by atoms with Crippen LogP contribution in [0.2, 0.25) is 0 Å². The molecule has 2 aromatic rings. The van der Waals surface area contributed by atoms with Gasteiger partial charge >= 0.3 is 0 Å². The number of nitrogens with zero attached hydrogens (tertiary/aromatic N) is 4. The molecular formula is C21H27N5O. The lowest BCUT2D eigenvalue weighted by Gasteiger charge is -2.23. The number of guanidine groups is 1. The van der Waals surface area contributed by atoms with Crippen molar-refractivity contribution in [1.29, 1.82) is 0 Å². The van der Waals surface area contributed by atoms with Gasteiger partial charge in [0.1, 0.15) is 0 Å². The van der Waals surface area contributed by atoms with Gasteiger partial charge in [-0.05, 0) is 31.9 Å². The Bertz CT molecular complexity index is 799. The second-order valence-electron chi connectivity index (χ2n) is 7.82. The fourth-order valence-corrected chi connectivity index (χ4v) is 4.89. The highest BCUT2D eigenvalue weighted by molar-refractivity contribution is 5.80. The molecule has 1 N–H and O–H groups in total. The maximum absolute atomic E-state index is 6.10. The van der Waals surface area contributed by atoms with E-state index in [4.69, 9.17) is 9.73 Å². The summed E-state index contributed by atoms with van der Waals surface area (Å²) in [6, 6.07) is 10.2. The third-order valence-electron chi connectivity index (χ3n) is 6.16. The number of benzene rings is 1. The maximum atomic E-state index is 6.10. The Balaban J connectivity index is 1.28. The predicted molar refractivity (Wildman–Crippen MR) is 105 cm³/mol. The van der Waals surface area contributed by atoms with Gasteiger partial charge in [-0.25, -0.2) is 9.67 Å². The third kappa shape index (κ3) is 3.12. The minimum atomic E-state index is 0.483. The first-order chi connectivity index (χ1) is 13.3. The molecule has 0 saturated carbocycles. The monoisotopic (exact) mass is 365 g/mol. The fraction of sp³-hybridized carbons (Fsp3) is 0.524. The molecule has 2 bridgehead atoms. The molecule has 4 heterocycles. The fourth-order valence-electron chi connectivity index (χ4n) is 4.89. The first-order valence-corrected chi connectivity index (χ1v) is 10.1. The number of hydrogen-bond donors (Lipinski definition) is 1. The van der Waals surface area contributed by atoms with E-state index in [9.17, 15) is 0 Å². The average Bonchev–Trinajstić information content (AvgIpc) is 3.48. The standard InChI is InChI=1S/C21H27N5O/c1-2-22-21(25-13-17-18(14-25)20-9-8-19(17)27-20)23-10-15-11-24-26(12-15)16-6-4-3-5-7-16/h3-7,11-12,17-20H,2,8-10,13-14H2,1H3,(H,22,23). The summed E-state index contributed by atoms with van der Waals surface area (Å²) in [5, 5.41) is 7.96.